The Bertz CT molecular complexity index is 475. The van der Waals surface area contributed by atoms with Crippen molar-refractivity contribution in [1.29, 1.82) is 0 Å². The first-order valence-corrected chi connectivity index (χ1v) is 6.38. The number of rotatable bonds is 6. The van der Waals surface area contributed by atoms with Gasteiger partial charge in [-0.25, -0.2) is 0 Å². The third-order valence-corrected chi connectivity index (χ3v) is 3.15. The number of alkyl halides is 3. The minimum Gasteiger partial charge on any atom is -0.390 e. The van der Waals surface area contributed by atoms with Gasteiger partial charge in [-0.05, 0) is 41.4 Å². The third kappa shape index (κ3) is 5.70. The molecule has 0 spiro atoms. The van der Waals surface area contributed by atoms with Gasteiger partial charge < -0.3 is 10.2 Å². The number of azide groups is 1. The van der Waals surface area contributed by atoms with Gasteiger partial charge in [0.05, 0.1) is 6.10 Å². The van der Waals surface area contributed by atoms with E-state index in [0.717, 1.165) is 0 Å². The SMILES string of the molecule is [N-]=[N+]=NCCC(O)C(O)c1ccc(SC(F)(F)F)cc1. The van der Waals surface area contributed by atoms with E-state index >= 15 is 0 Å². The van der Waals surface area contributed by atoms with Crippen LogP contribution in [0, 0.1) is 0 Å². The number of hydrogen-bond acceptors (Lipinski definition) is 4. The molecule has 0 saturated carbocycles. The average Bonchev–Trinajstić information content (AvgIpc) is 2.37. The average molecular weight is 307 g/mol. The topological polar surface area (TPSA) is 89.2 Å². The van der Waals surface area contributed by atoms with Crippen molar-refractivity contribution in [3.05, 3.63) is 40.3 Å². The van der Waals surface area contributed by atoms with E-state index in [-0.39, 0.29) is 29.6 Å². The van der Waals surface area contributed by atoms with Crippen LogP contribution < -0.4 is 0 Å². The fraction of sp³-hybridized carbons (Fsp3) is 0.455. The van der Waals surface area contributed by atoms with Gasteiger partial charge in [0.15, 0.2) is 0 Å². The van der Waals surface area contributed by atoms with Gasteiger partial charge in [-0.3, -0.25) is 0 Å². The first-order valence-electron chi connectivity index (χ1n) is 5.56. The summed E-state index contributed by atoms with van der Waals surface area (Å²) in [4.78, 5) is 2.51. The van der Waals surface area contributed by atoms with E-state index in [0.29, 0.717) is 5.56 Å². The van der Waals surface area contributed by atoms with Gasteiger partial charge >= 0.3 is 5.51 Å². The summed E-state index contributed by atoms with van der Waals surface area (Å²) in [6, 6.07) is 5.07. The number of benzene rings is 1. The maximum Gasteiger partial charge on any atom is 0.446 e. The molecule has 110 valence electrons. The zero-order valence-corrected chi connectivity index (χ0v) is 11.0. The van der Waals surface area contributed by atoms with Gasteiger partial charge in [-0.15, -0.1) is 0 Å². The molecule has 1 aromatic rings. The molecular weight excluding hydrogens is 295 g/mol. The monoisotopic (exact) mass is 307 g/mol. The molecule has 0 amide bonds. The second kappa shape index (κ2) is 7.39. The highest BCUT2D eigenvalue weighted by Crippen LogP contribution is 2.37. The molecule has 0 aromatic heterocycles. The predicted octanol–water partition coefficient (Wildman–Crippen LogP) is 3.39. The lowest BCUT2D eigenvalue weighted by molar-refractivity contribution is -0.0328. The van der Waals surface area contributed by atoms with Gasteiger partial charge in [-0.1, -0.05) is 17.2 Å². The summed E-state index contributed by atoms with van der Waals surface area (Å²) in [6.45, 7) is 0.0245. The predicted molar refractivity (Wildman–Crippen MR) is 68.0 cm³/mol. The molecule has 2 unspecified atom stereocenters. The number of thioether (sulfide) groups is 1. The number of hydrogen-bond donors (Lipinski definition) is 2. The maximum atomic E-state index is 12.1. The van der Waals surface area contributed by atoms with Crippen LogP contribution in [-0.2, 0) is 0 Å². The van der Waals surface area contributed by atoms with Crippen LogP contribution in [0.5, 0.6) is 0 Å². The summed E-state index contributed by atoms with van der Waals surface area (Å²) >= 11 is -0.253. The first kappa shape index (κ1) is 16.6. The van der Waals surface area contributed by atoms with Crippen molar-refractivity contribution < 1.29 is 23.4 Å². The van der Waals surface area contributed by atoms with Crippen LogP contribution in [0.25, 0.3) is 10.4 Å². The third-order valence-electron chi connectivity index (χ3n) is 2.41. The molecule has 5 nitrogen and oxygen atoms in total. The Labute approximate surface area is 117 Å². The number of aliphatic hydroxyl groups is 2. The summed E-state index contributed by atoms with van der Waals surface area (Å²) in [7, 11) is 0. The molecule has 2 atom stereocenters. The van der Waals surface area contributed by atoms with E-state index in [1.165, 1.54) is 24.3 Å². The van der Waals surface area contributed by atoms with E-state index in [9.17, 15) is 23.4 Å². The lowest BCUT2D eigenvalue weighted by atomic mass is 10.0. The molecule has 9 heteroatoms. The smallest absolute Gasteiger partial charge is 0.390 e. The summed E-state index contributed by atoms with van der Waals surface area (Å²) in [5.41, 5.74) is 4.01. The van der Waals surface area contributed by atoms with Crippen molar-refractivity contribution >= 4 is 11.8 Å². The van der Waals surface area contributed by atoms with Gasteiger partial charge in [-0.2, -0.15) is 13.2 Å². The van der Waals surface area contributed by atoms with E-state index < -0.39 is 17.7 Å². The highest BCUT2D eigenvalue weighted by Gasteiger charge is 2.29. The summed E-state index contributed by atoms with van der Waals surface area (Å²) in [5, 5.41) is 22.7. The fourth-order valence-electron chi connectivity index (χ4n) is 1.48. The van der Waals surface area contributed by atoms with Crippen LogP contribution >= 0.6 is 11.8 Å². The van der Waals surface area contributed by atoms with E-state index in [1.807, 2.05) is 0 Å². The molecule has 2 N–H and O–H groups in total. The molecule has 0 aliphatic heterocycles. The largest absolute Gasteiger partial charge is 0.446 e. The Kier molecular flexibility index (Phi) is 6.15. The Morgan fingerprint density at radius 2 is 1.85 bits per heavy atom. The molecule has 0 aliphatic carbocycles. The maximum absolute atomic E-state index is 12.1. The minimum atomic E-state index is -4.37. The molecule has 0 fully saturated rings. The number of nitrogens with zero attached hydrogens (tertiary/aromatic N) is 3. The zero-order chi connectivity index (χ0) is 15.2. The quantitative estimate of drug-likeness (QED) is 0.365. The lowest BCUT2D eigenvalue weighted by Crippen LogP contribution is -2.19. The zero-order valence-electron chi connectivity index (χ0n) is 10.2. The van der Waals surface area contributed by atoms with Crippen LogP contribution in [0.2, 0.25) is 0 Å². The standard InChI is InChI=1S/C11H12F3N3O2S/c12-11(13,14)20-8-3-1-7(2-4-8)10(19)9(18)5-6-16-17-15/h1-4,9-10,18-19H,5-6H2. The van der Waals surface area contributed by atoms with Crippen molar-refractivity contribution in [2.45, 2.75) is 29.0 Å². The van der Waals surface area contributed by atoms with Crippen LogP contribution in [0.15, 0.2) is 34.3 Å². The molecular formula is C11H12F3N3O2S. The Morgan fingerprint density at radius 1 is 1.25 bits per heavy atom. The first-order chi connectivity index (χ1) is 9.33. The molecule has 0 bridgehead atoms. The Hall–Kier alpha value is -1.41. The van der Waals surface area contributed by atoms with Crippen LogP contribution in [0.4, 0.5) is 13.2 Å². The molecule has 20 heavy (non-hydrogen) atoms. The van der Waals surface area contributed by atoms with Crippen LogP contribution in [-0.4, -0.2) is 28.4 Å². The summed E-state index contributed by atoms with van der Waals surface area (Å²) < 4.78 is 36.4. The summed E-state index contributed by atoms with van der Waals surface area (Å²) in [5.74, 6) is 0. The van der Waals surface area contributed by atoms with Gasteiger partial charge in [0.2, 0.25) is 0 Å². The van der Waals surface area contributed by atoms with Crippen molar-refractivity contribution in [1.82, 2.24) is 0 Å². The van der Waals surface area contributed by atoms with Crippen LogP contribution in [0.1, 0.15) is 18.1 Å². The molecule has 1 aromatic carbocycles. The van der Waals surface area contributed by atoms with Gasteiger partial charge in [0.1, 0.15) is 6.10 Å². The number of aliphatic hydroxyl groups excluding tert-OH is 2. The van der Waals surface area contributed by atoms with E-state index in [4.69, 9.17) is 5.53 Å². The molecule has 0 aliphatic rings. The molecule has 0 saturated heterocycles. The molecule has 1 rings (SSSR count). The second-order valence-corrected chi connectivity index (χ2v) is 5.01. The lowest BCUT2D eigenvalue weighted by Gasteiger charge is -2.17. The minimum absolute atomic E-state index is 0.00276. The van der Waals surface area contributed by atoms with Crippen molar-refractivity contribution in [3.63, 3.8) is 0 Å². The van der Waals surface area contributed by atoms with E-state index in [2.05, 4.69) is 10.0 Å². The molecule has 0 heterocycles. The molecule has 0 radical (unpaired) electrons. The normalized spacial score (nSPS) is 14.4. The van der Waals surface area contributed by atoms with Crippen molar-refractivity contribution in [2.75, 3.05) is 6.54 Å². The van der Waals surface area contributed by atoms with Gasteiger partial charge in [0, 0.05) is 16.4 Å². The highest BCUT2D eigenvalue weighted by atomic mass is 32.2. The van der Waals surface area contributed by atoms with Gasteiger partial charge in [0.25, 0.3) is 0 Å². The van der Waals surface area contributed by atoms with Crippen LogP contribution in [0.3, 0.4) is 0 Å². The van der Waals surface area contributed by atoms with E-state index in [1.54, 1.807) is 0 Å². The van der Waals surface area contributed by atoms with Crippen molar-refractivity contribution in [3.8, 4) is 0 Å². The van der Waals surface area contributed by atoms with Crippen molar-refractivity contribution in [2.24, 2.45) is 5.11 Å². The second-order valence-electron chi connectivity index (χ2n) is 3.87. The number of halogens is 3. The summed E-state index contributed by atoms with van der Waals surface area (Å²) in [6.07, 6.45) is -2.33. The Morgan fingerprint density at radius 3 is 2.35 bits per heavy atom. The fourth-order valence-corrected chi connectivity index (χ4v) is 2.02. The highest BCUT2D eigenvalue weighted by molar-refractivity contribution is 8.00. The Balaban J connectivity index is 2.65.